The number of aliphatic hydroxyl groups excluding tert-OH is 2. The second-order valence-electron chi connectivity index (χ2n) is 22.3. The Morgan fingerprint density at radius 1 is 0.474 bits per heavy atom. The second-order valence-corrected chi connectivity index (χ2v) is 22.3. The Morgan fingerprint density at radius 3 is 0.982 bits per heavy atom. The first kappa shape index (κ1) is 170. The Balaban J connectivity index is -0.0000000372. The smallest absolute Gasteiger partial charge is 0.302 e. The van der Waals surface area contributed by atoms with E-state index in [1.165, 1.54) is 70.9 Å². The number of allylic oxidation sites excluding steroid dienone is 5. The largest absolute Gasteiger partial charge is 0.462 e. The van der Waals surface area contributed by atoms with Crippen molar-refractivity contribution in [3.63, 3.8) is 0 Å². The van der Waals surface area contributed by atoms with E-state index in [-0.39, 0.29) is 148 Å². The predicted octanol–water partition coefficient (Wildman–Crippen LogP) is 29.8. The van der Waals surface area contributed by atoms with Gasteiger partial charge in [0.05, 0.1) is 51.3 Å². The highest BCUT2D eigenvalue weighted by atomic mass is 16.5. The third-order valence-electron chi connectivity index (χ3n) is 11.6. The summed E-state index contributed by atoms with van der Waals surface area (Å²) >= 11 is 0. The highest BCUT2D eigenvalue weighted by Crippen LogP contribution is 2.22. The van der Waals surface area contributed by atoms with Gasteiger partial charge in [0.15, 0.2) is 17.3 Å². The third kappa shape index (κ3) is 191. The van der Waals surface area contributed by atoms with Crippen molar-refractivity contribution < 1.29 is 62.7 Å². The zero-order valence-electron chi connectivity index (χ0n) is 67.7. The Bertz CT molecular complexity index is 2370. The van der Waals surface area contributed by atoms with E-state index in [2.05, 4.69) is 117 Å². The van der Waals surface area contributed by atoms with Crippen molar-refractivity contribution >= 4 is 40.8 Å². The fraction of sp³-hybridized carbons (Fsp3) is 0.550. The number of benzene rings is 3. The van der Waals surface area contributed by atoms with E-state index in [4.69, 9.17) is 19.3 Å². The molecular weight excluding hydrogens is 1420 g/mol. The Kier molecular flexibility index (Phi) is 219. The number of nitrogens with one attached hydrogen (secondary N) is 1. The van der Waals surface area contributed by atoms with Gasteiger partial charge in [0, 0.05) is 44.4 Å². The molecule has 1 aliphatic carbocycles. The first-order valence-electron chi connectivity index (χ1n) is 35.6. The van der Waals surface area contributed by atoms with Gasteiger partial charge in [-0.05, 0) is 105 Å². The van der Waals surface area contributed by atoms with Gasteiger partial charge in [0.2, 0.25) is 5.91 Å². The number of aliphatic hydroxyl groups is 2. The van der Waals surface area contributed by atoms with Crippen molar-refractivity contribution in [2.24, 2.45) is 5.92 Å². The fourth-order valence-corrected chi connectivity index (χ4v) is 5.33. The average molecular weight is 1620 g/mol. The summed E-state index contributed by atoms with van der Waals surface area (Å²) in [5.74, 6) is 1.49. The molecule has 1 fully saturated rings. The standard InChI is InChI=1S/C10H18O2.C9H12O.2C8H8O.C7H14O2.C7H14.C5H9NO.C5H8O2.2C5H8O.C5H10.C4H8O.C4H8.C3H8.C3H6.12CH4/c1-4-7-11-9-10(6-3)12-8-5-2;1-2-9(10)8-6-4-3-5-7-8;2*1-7(9)8-5-3-2-4-6-8;1-3-5-9-6-7(8)4-2;1-7-5-3-2-4-6-7;1-3-4-6-5(2)7;1-3-4-7-5(2)6;1-4(2)5(3)6;1-3-4-5(2)6;1-4-5(2)3;1-3-4(2)5;1-3-4-2;2*1-3-2;;;;;;;;;;;;/h4-5,10H,1-2,6-9H2,3H3;3-7,9-10H,2H2,1H3;2*2-6H,1H3;3,7-8H,1,4-6H2,2H3;7H,2-6H2,1H3;3H,1,4H2,2H3,(H,6,7);3H,1,4H2,2H3;1H2,2-3H3;3H,1,4H2,2H3;2,4H2,1,3H3;3H2,1-2H3;3H,1,4H2,2H3;3H2,1-2H3;3H,1H2,2H3;12*1H4. The van der Waals surface area contributed by atoms with Gasteiger partial charge >= 0.3 is 5.97 Å². The number of amides is 1. The van der Waals surface area contributed by atoms with Gasteiger partial charge in [-0.1, -0.05) is 348 Å². The van der Waals surface area contributed by atoms with Crippen LogP contribution in [-0.2, 0) is 42.9 Å². The molecule has 114 heavy (non-hydrogen) atoms. The van der Waals surface area contributed by atoms with Crippen LogP contribution in [0.15, 0.2) is 217 Å². The van der Waals surface area contributed by atoms with Crippen LogP contribution >= 0.6 is 0 Å². The molecule has 3 aromatic carbocycles. The summed E-state index contributed by atoms with van der Waals surface area (Å²) in [6, 6.07) is 28.2. The van der Waals surface area contributed by atoms with E-state index in [0.29, 0.717) is 64.6 Å². The molecule has 0 spiro atoms. The minimum absolute atomic E-state index is 0. The van der Waals surface area contributed by atoms with Crippen molar-refractivity contribution in [2.75, 3.05) is 46.2 Å². The molecule has 0 radical (unpaired) electrons. The molecule has 678 valence electrons. The highest BCUT2D eigenvalue weighted by Gasteiger charge is 2.07. The van der Waals surface area contributed by atoms with Crippen LogP contribution < -0.4 is 5.32 Å². The minimum Gasteiger partial charge on any atom is -0.462 e. The number of hydrogen-bond acceptors (Lipinski definition) is 13. The first-order valence-corrected chi connectivity index (χ1v) is 35.6. The van der Waals surface area contributed by atoms with Crippen molar-refractivity contribution in [3.05, 3.63) is 233 Å². The summed E-state index contributed by atoms with van der Waals surface area (Å²) < 4.78 is 20.1. The van der Waals surface area contributed by atoms with Crippen LogP contribution in [0.5, 0.6) is 0 Å². The molecule has 0 aliphatic heterocycles. The van der Waals surface area contributed by atoms with Gasteiger partial charge in [0.25, 0.3) is 0 Å². The number of carbonyl (C=O) groups excluding carboxylic acids is 7. The molecule has 0 bridgehead atoms. The summed E-state index contributed by atoms with van der Waals surface area (Å²) in [5.41, 5.74) is 4.43. The minimum atomic E-state index is -0.315. The molecule has 1 amide bonds. The molecule has 0 saturated heterocycles. The summed E-state index contributed by atoms with van der Waals surface area (Å²) in [7, 11) is 0. The monoisotopic (exact) mass is 1620 g/mol. The van der Waals surface area contributed by atoms with E-state index in [0.717, 1.165) is 54.7 Å². The predicted molar refractivity (Wildman–Crippen MR) is 521 cm³/mol. The third-order valence-corrected chi connectivity index (χ3v) is 11.6. The average Bonchev–Trinajstić information content (AvgIpc) is 0.995. The molecule has 3 atom stereocenters. The second kappa shape index (κ2) is 147. The van der Waals surface area contributed by atoms with Crippen LogP contribution in [0.1, 0.15) is 337 Å². The summed E-state index contributed by atoms with van der Waals surface area (Å²) in [6.45, 7) is 73.1. The molecule has 0 heterocycles. The van der Waals surface area contributed by atoms with Crippen LogP contribution in [0.3, 0.4) is 0 Å². The van der Waals surface area contributed by atoms with E-state index in [1.54, 1.807) is 71.1 Å². The maximum Gasteiger partial charge on any atom is 0.302 e. The zero-order valence-corrected chi connectivity index (χ0v) is 67.7. The van der Waals surface area contributed by atoms with Crippen molar-refractivity contribution in [3.8, 4) is 0 Å². The maximum absolute atomic E-state index is 10.6. The van der Waals surface area contributed by atoms with Gasteiger partial charge in [-0.25, -0.2) is 0 Å². The Hall–Kier alpha value is -7.85. The van der Waals surface area contributed by atoms with E-state index < -0.39 is 0 Å². The van der Waals surface area contributed by atoms with Crippen molar-refractivity contribution in [1.82, 2.24) is 5.32 Å². The number of ether oxygens (including phenoxy) is 4. The first-order chi connectivity index (χ1) is 48.2. The van der Waals surface area contributed by atoms with Gasteiger partial charge in [-0.3, -0.25) is 28.8 Å². The summed E-state index contributed by atoms with van der Waals surface area (Å²) in [6.07, 6.45) is 27.7. The molecule has 1 aliphatic rings. The Morgan fingerprint density at radius 2 is 0.807 bits per heavy atom. The van der Waals surface area contributed by atoms with Gasteiger partial charge in [-0.2, -0.15) is 0 Å². The fourth-order valence-electron chi connectivity index (χ4n) is 5.33. The lowest BCUT2D eigenvalue weighted by molar-refractivity contribution is -0.139. The SMILES string of the molecule is C.C.C.C.C.C.C.C.C.C.C.C.C=C(C)C(C)=O.C=C(C)CC.C=CC.C=CCC.C=CCC(C)=O.C=CCNC(C)=O.C=CCOC(C)=O.C=CCOCC(CC)OCC=C.C=CCOCC(O)CC.CC(=O)c1ccccc1.CC(=O)c1ccccc1.CC1CCCCC1.CCC.CCC(C)=O.CCC(O)c1ccccc1. The number of ketones is 5. The van der Waals surface area contributed by atoms with E-state index in [1.807, 2.05) is 132 Å². The molecule has 3 N–H and O–H groups in total. The molecule has 14 heteroatoms. The lowest BCUT2D eigenvalue weighted by Crippen LogP contribution is -2.19. The number of carbonyl (C=O) groups is 7. The highest BCUT2D eigenvalue weighted by molar-refractivity contribution is 5.94. The van der Waals surface area contributed by atoms with Crippen LogP contribution in [-0.4, -0.2) is 109 Å². The van der Waals surface area contributed by atoms with Crippen LogP contribution in [0.25, 0.3) is 0 Å². The quantitative estimate of drug-likeness (QED) is 0.0214. The van der Waals surface area contributed by atoms with Gasteiger partial charge in [0.1, 0.15) is 18.2 Å². The van der Waals surface area contributed by atoms with Crippen molar-refractivity contribution in [2.45, 2.75) is 322 Å². The molecular formula is C100H195NO13. The molecule has 1 saturated carbocycles. The molecule has 0 aromatic heterocycles. The molecule has 4 rings (SSSR count). The topological polar surface area (TPSA) is 209 Å². The summed E-state index contributed by atoms with van der Waals surface area (Å²) in [4.78, 5) is 71.1. The zero-order chi connectivity index (χ0) is 81.2. The molecule has 3 aromatic rings. The molecule has 3 unspecified atom stereocenters. The summed E-state index contributed by atoms with van der Waals surface area (Å²) in [5, 5.41) is 20.8. The lowest BCUT2D eigenvalue weighted by Gasteiger charge is -2.15. The van der Waals surface area contributed by atoms with Crippen molar-refractivity contribution in [1.29, 1.82) is 0 Å². The number of rotatable bonds is 27. The molecule has 14 nitrogen and oxygen atoms in total. The van der Waals surface area contributed by atoms with Crippen LogP contribution in [0.4, 0.5) is 0 Å². The van der Waals surface area contributed by atoms with E-state index >= 15 is 0 Å². The number of hydrogen-bond donors (Lipinski definition) is 3. The lowest BCUT2D eigenvalue weighted by atomic mass is 9.91. The van der Waals surface area contributed by atoms with Crippen LogP contribution in [0, 0.1) is 5.92 Å². The Labute approximate surface area is 712 Å². The number of esters is 1. The number of Topliss-reactive ketones (excluding diaryl/α,β-unsaturated/α-hetero) is 5. The van der Waals surface area contributed by atoms with Gasteiger partial charge in [-0.15, -0.1) is 52.6 Å². The van der Waals surface area contributed by atoms with Gasteiger partial charge < -0.3 is 39.3 Å². The normalized spacial score (nSPS) is 9.34. The van der Waals surface area contributed by atoms with E-state index in [9.17, 15) is 38.7 Å². The van der Waals surface area contributed by atoms with Crippen LogP contribution in [0.2, 0.25) is 0 Å². The maximum atomic E-state index is 10.6.